The lowest BCUT2D eigenvalue weighted by Crippen LogP contribution is -2.23. The van der Waals surface area contributed by atoms with Gasteiger partial charge >= 0.3 is 0 Å². The molecule has 1 aliphatic rings. The molecule has 2 rings (SSSR count). The van der Waals surface area contributed by atoms with E-state index in [1.807, 2.05) is 7.05 Å². The van der Waals surface area contributed by atoms with Crippen LogP contribution in [-0.4, -0.2) is 31.1 Å². The van der Waals surface area contributed by atoms with E-state index in [9.17, 15) is 8.78 Å². The van der Waals surface area contributed by atoms with Crippen molar-refractivity contribution in [1.29, 1.82) is 0 Å². The molecule has 0 amide bonds. The number of rotatable bonds is 2. The summed E-state index contributed by atoms with van der Waals surface area (Å²) in [5.74, 6) is -1.08. The molecule has 0 aromatic heterocycles. The topological polar surface area (TPSA) is 15.3 Å². The molecule has 4 heteroatoms. The third-order valence-electron chi connectivity index (χ3n) is 2.62. The molecule has 1 unspecified atom stereocenters. The van der Waals surface area contributed by atoms with Gasteiger partial charge in [-0.1, -0.05) is 0 Å². The first-order valence-electron chi connectivity index (χ1n) is 5.04. The van der Waals surface area contributed by atoms with Gasteiger partial charge in [-0.2, -0.15) is 0 Å². The van der Waals surface area contributed by atoms with Crippen LogP contribution < -0.4 is 5.32 Å². The van der Waals surface area contributed by atoms with Crippen molar-refractivity contribution in [3.05, 3.63) is 29.8 Å². The molecule has 0 bridgehead atoms. The predicted molar refractivity (Wildman–Crippen MR) is 55.9 cm³/mol. The lowest BCUT2D eigenvalue weighted by Gasteiger charge is -2.14. The number of benzene rings is 1. The molecule has 1 aliphatic heterocycles. The molecule has 0 radical (unpaired) electrons. The van der Waals surface area contributed by atoms with E-state index < -0.39 is 11.6 Å². The Morgan fingerprint density at radius 2 is 1.93 bits per heavy atom. The number of anilines is 1. The van der Waals surface area contributed by atoms with Crippen molar-refractivity contribution < 1.29 is 8.78 Å². The first-order chi connectivity index (χ1) is 7.13. The summed E-state index contributed by atoms with van der Waals surface area (Å²) in [6.45, 7) is 1.94. The zero-order chi connectivity index (χ0) is 10.8. The monoisotopic (exact) mass is 212 g/mol. The Bertz CT molecular complexity index is 334. The van der Waals surface area contributed by atoms with Gasteiger partial charge in [0, 0.05) is 24.3 Å². The number of hydrogen-bond donors (Lipinski definition) is 1. The smallest absolute Gasteiger partial charge is 0.128 e. The first-order valence-corrected chi connectivity index (χ1v) is 5.04. The SMILES string of the molecule is CN1CCC(Nc2cc(F)cc(F)c2)C1. The fourth-order valence-corrected chi connectivity index (χ4v) is 1.93. The largest absolute Gasteiger partial charge is 0.381 e. The van der Waals surface area contributed by atoms with Gasteiger partial charge in [-0.05, 0) is 32.1 Å². The summed E-state index contributed by atoms with van der Waals surface area (Å²) in [7, 11) is 2.04. The van der Waals surface area contributed by atoms with Crippen LogP contribution in [0.2, 0.25) is 0 Å². The average Bonchev–Trinajstić information content (AvgIpc) is 2.49. The highest BCUT2D eigenvalue weighted by atomic mass is 19.1. The highest BCUT2D eigenvalue weighted by Gasteiger charge is 2.19. The van der Waals surface area contributed by atoms with Crippen LogP contribution in [0, 0.1) is 11.6 Å². The molecule has 0 saturated carbocycles. The maximum Gasteiger partial charge on any atom is 0.128 e. The van der Waals surface area contributed by atoms with Gasteiger partial charge in [0.05, 0.1) is 0 Å². The maximum atomic E-state index is 12.9. The molecule has 82 valence electrons. The second kappa shape index (κ2) is 4.14. The molecule has 1 fully saturated rings. The van der Waals surface area contributed by atoms with Crippen LogP contribution in [0.4, 0.5) is 14.5 Å². The molecule has 1 heterocycles. The standard InChI is InChI=1S/C11H14F2N2/c1-15-3-2-10(7-15)14-11-5-8(12)4-9(13)6-11/h4-6,10,14H,2-3,7H2,1H3. The summed E-state index contributed by atoms with van der Waals surface area (Å²) < 4.78 is 25.8. The van der Waals surface area contributed by atoms with Gasteiger partial charge in [-0.25, -0.2) is 8.78 Å². The van der Waals surface area contributed by atoms with Gasteiger partial charge in [0.25, 0.3) is 0 Å². The number of halogens is 2. The summed E-state index contributed by atoms with van der Waals surface area (Å²) in [6, 6.07) is 3.81. The van der Waals surface area contributed by atoms with Crippen LogP contribution in [0.15, 0.2) is 18.2 Å². The van der Waals surface area contributed by atoms with Gasteiger partial charge in [-0.15, -0.1) is 0 Å². The van der Waals surface area contributed by atoms with Gasteiger partial charge < -0.3 is 10.2 Å². The average molecular weight is 212 g/mol. The van der Waals surface area contributed by atoms with E-state index >= 15 is 0 Å². The maximum absolute atomic E-state index is 12.9. The van der Waals surface area contributed by atoms with Gasteiger partial charge in [-0.3, -0.25) is 0 Å². The van der Waals surface area contributed by atoms with E-state index in [1.165, 1.54) is 12.1 Å². The van der Waals surface area contributed by atoms with Crippen molar-refractivity contribution >= 4 is 5.69 Å². The summed E-state index contributed by atoms with van der Waals surface area (Å²) >= 11 is 0. The first kappa shape index (κ1) is 10.4. The molecule has 1 saturated heterocycles. The minimum Gasteiger partial charge on any atom is -0.381 e. The molecule has 2 nitrogen and oxygen atoms in total. The molecule has 15 heavy (non-hydrogen) atoms. The number of likely N-dealkylation sites (N-methyl/N-ethyl adjacent to an activating group) is 1. The van der Waals surface area contributed by atoms with Gasteiger partial charge in [0.2, 0.25) is 0 Å². The van der Waals surface area contributed by atoms with Gasteiger partial charge in [0.1, 0.15) is 11.6 Å². The lowest BCUT2D eigenvalue weighted by atomic mass is 10.2. The number of nitrogens with zero attached hydrogens (tertiary/aromatic N) is 1. The lowest BCUT2D eigenvalue weighted by molar-refractivity contribution is 0.414. The number of likely N-dealkylation sites (tertiary alicyclic amines) is 1. The van der Waals surface area contributed by atoms with Crippen molar-refractivity contribution in [3.8, 4) is 0 Å². The Morgan fingerprint density at radius 1 is 1.27 bits per heavy atom. The fraction of sp³-hybridized carbons (Fsp3) is 0.455. The zero-order valence-electron chi connectivity index (χ0n) is 8.63. The summed E-state index contributed by atoms with van der Waals surface area (Å²) in [4.78, 5) is 2.19. The van der Waals surface area contributed by atoms with E-state index in [4.69, 9.17) is 0 Å². The van der Waals surface area contributed by atoms with E-state index in [-0.39, 0.29) is 6.04 Å². The van der Waals surface area contributed by atoms with Crippen molar-refractivity contribution in [2.45, 2.75) is 12.5 Å². The molecular weight excluding hydrogens is 198 g/mol. The summed E-state index contributed by atoms with van der Waals surface area (Å²) in [6.07, 6.45) is 1.01. The van der Waals surface area contributed by atoms with E-state index in [0.717, 1.165) is 25.6 Å². The van der Waals surface area contributed by atoms with E-state index in [0.29, 0.717) is 5.69 Å². The summed E-state index contributed by atoms with van der Waals surface area (Å²) in [5.41, 5.74) is 0.521. The Balaban J connectivity index is 2.04. The van der Waals surface area contributed by atoms with Crippen LogP contribution in [0.5, 0.6) is 0 Å². The minimum absolute atomic E-state index is 0.288. The molecule has 1 atom stereocenters. The molecule has 1 aromatic rings. The quantitative estimate of drug-likeness (QED) is 0.807. The highest BCUT2D eigenvalue weighted by Crippen LogP contribution is 2.17. The molecular formula is C11H14F2N2. The zero-order valence-corrected chi connectivity index (χ0v) is 8.63. The Labute approximate surface area is 87.9 Å². The second-order valence-corrected chi connectivity index (χ2v) is 4.05. The van der Waals surface area contributed by atoms with Crippen molar-refractivity contribution in [1.82, 2.24) is 4.90 Å². The van der Waals surface area contributed by atoms with Crippen LogP contribution in [0.25, 0.3) is 0 Å². The molecule has 0 aliphatic carbocycles. The number of nitrogens with one attached hydrogen (secondary N) is 1. The second-order valence-electron chi connectivity index (χ2n) is 4.05. The van der Waals surface area contributed by atoms with Crippen molar-refractivity contribution in [2.75, 3.05) is 25.5 Å². The molecule has 1 N–H and O–H groups in total. The van der Waals surface area contributed by atoms with E-state index in [1.54, 1.807) is 0 Å². The van der Waals surface area contributed by atoms with Crippen LogP contribution in [0.3, 0.4) is 0 Å². The van der Waals surface area contributed by atoms with Crippen LogP contribution in [0.1, 0.15) is 6.42 Å². The molecule has 1 aromatic carbocycles. The van der Waals surface area contributed by atoms with Crippen molar-refractivity contribution in [3.63, 3.8) is 0 Å². The predicted octanol–water partition coefficient (Wildman–Crippen LogP) is 2.08. The third-order valence-corrected chi connectivity index (χ3v) is 2.62. The van der Waals surface area contributed by atoms with Crippen LogP contribution >= 0.6 is 0 Å². The highest BCUT2D eigenvalue weighted by molar-refractivity contribution is 5.44. The van der Waals surface area contributed by atoms with Crippen molar-refractivity contribution in [2.24, 2.45) is 0 Å². The Hall–Kier alpha value is -1.16. The third kappa shape index (κ3) is 2.65. The van der Waals surface area contributed by atoms with Crippen LogP contribution in [-0.2, 0) is 0 Å². The molecule has 0 spiro atoms. The normalized spacial score (nSPS) is 21.9. The summed E-state index contributed by atoms with van der Waals surface area (Å²) in [5, 5.41) is 3.13. The minimum atomic E-state index is -0.538. The fourth-order valence-electron chi connectivity index (χ4n) is 1.93. The number of hydrogen-bond acceptors (Lipinski definition) is 2. The van der Waals surface area contributed by atoms with E-state index in [2.05, 4.69) is 10.2 Å². The Morgan fingerprint density at radius 3 is 2.47 bits per heavy atom. The van der Waals surface area contributed by atoms with Gasteiger partial charge in [0.15, 0.2) is 0 Å². The Kier molecular flexibility index (Phi) is 2.86.